The highest BCUT2D eigenvalue weighted by Crippen LogP contribution is 2.07. The number of hydrogen-bond donors (Lipinski definition) is 1. The summed E-state index contributed by atoms with van der Waals surface area (Å²) in [4.78, 5) is 6.58. The normalized spacial score (nSPS) is 16.5. The Morgan fingerprint density at radius 2 is 2.27 bits per heavy atom. The van der Waals surface area contributed by atoms with E-state index in [1.807, 2.05) is 7.05 Å². The van der Waals surface area contributed by atoms with Crippen molar-refractivity contribution in [2.24, 2.45) is 4.99 Å². The predicted molar refractivity (Wildman–Crippen MR) is 68.3 cm³/mol. The van der Waals surface area contributed by atoms with Crippen molar-refractivity contribution in [2.75, 3.05) is 38.2 Å². The summed E-state index contributed by atoms with van der Waals surface area (Å²) >= 11 is 1.78. The van der Waals surface area contributed by atoms with E-state index in [0.717, 1.165) is 37.1 Å². The topological polar surface area (TPSA) is 27.6 Å². The van der Waals surface area contributed by atoms with Crippen molar-refractivity contribution in [1.82, 2.24) is 10.2 Å². The van der Waals surface area contributed by atoms with E-state index in [1.165, 1.54) is 12.8 Å². The molecule has 0 aromatic heterocycles. The molecule has 1 N–H and O–H groups in total. The van der Waals surface area contributed by atoms with E-state index in [2.05, 4.69) is 21.1 Å². The molecule has 0 atom stereocenters. The van der Waals surface area contributed by atoms with Gasteiger partial charge in [0.15, 0.2) is 5.96 Å². The monoisotopic (exact) mass is 225 g/mol. The fourth-order valence-electron chi connectivity index (χ4n) is 1.63. The molecule has 1 heterocycles. The van der Waals surface area contributed by atoms with Crippen LogP contribution in [-0.2, 0) is 0 Å². The molecule has 1 rings (SSSR count). The average Bonchev–Trinajstić information content (AvgIpc) is 2.77. The fraction of sp³-hybridized carbons (Fsp3) is 0.727. The van der Waals surface area contributed by atoms with Gasteiger partial charge in [-0.25, -0.2) is 0 Å². The quantitative estimate of drug-likeness (QED) is 0.335. The Balaban J connectivity index is 2.14. The van der Waals surface area contributed by atoms with E-state index in [-0.39, 0.29) is 0 Å². The second-order valence-corrected chi connectivity index (χ2v) is 4.53. The van der Waals surface area contributed by atoms with Crippen molar-refractivity contribution in [3.05, 3.63) is 0 Å². The first-order valence-electron chi connectivity index (χ1n) is 5.35. The van der Waals surface area contributed by atoms with Gasteiger partial charge in [0, 0.05) is 32.4 Å². The summed E-state index contributed by atoms with van der Waals surface area (Å²) in [5, 5.41) is 3.36. The summed E-state index contributed by atoms with van der Waals surface area (Å²) in [6.45, 7) is 3.21. The lowest BCUT2D eigenvalue weighted by molar-refractivity contribution is 0.496. The third-order valence-corrected chi connectivity index (χ3v) is 3.20. The van der Waals surface area contributed by atoms with E-state index in [0.29, 0.717) is 0 Å². The van der Waals surface area contributed by atoms with Crippen LogP contribution in [0.3, 0.4) is 0 Å². The van der Waals surface area contributed by atoms with Crippen LogP contribution in [0.4, 0.5) is 0 Å². The number of aliphatic imine (C=N–C) groups is 1. The van der Waals surface area contributed by atoms with Crippen molar-refractivity contribution >= 4 is 17.7 Å². The minimum absolute atomic E-state index is 0.796. The van der Waals surface area contributed by atoms with Gasteiger partial charge in [0.2, 0.25) is 0 Å². The molecular formula is C11H19N3S. The molecule has 0 aromatic rings. The summed E-state index contributed by atoms with van der Waals surface area (Å²) in [7, 11) is 1.84. The van der Waals surface area contributed by atoms with Gasteiger partial charge in [-0.3, -0.25) is 4.99 Å². The summed E-state index contributed by atoms with van der Waals surface area (Å²) in [5.74, 6) is 5.49. The Labute approximate surface area is 96.7 Å². The fourth-order valence-corrected chi connectivity index (χ4v) is 2.14. The molecule has 84 valence electrons. The van der Waals surface area contributed by atoms with E-state index >= 15 is 0 Å². The predicted octanol–water partition coefficient (Wildman–Crippen LogP) is 1.02. The van der Waals surface area contributed by atoms with Gasteiger partial charge >= 0.3 is 0 Å². The van der Waals surface area contributed by atoms with Gasteiger partial charge in [0.25, 0.3) is 0 Å². The highest BCUT2D eigenvalue weighted by Gasteiger charge is 2.14. The summed E-state index contributed by atoms with van der Waals surface area (Å²) in [6.07, 6.45) is 7.74. The van der Waals surface area contributed by atoms with E-state index in [4.69, 9.17) is 6.42 Å². The van der Waals surface area contributed by atoms with Crippen LogP contribution in [0.15, 0.2) is 4.99 Å². The number of hydrogen-bond acceptors (Lipinski definition) is 2. The highest BCUT2D eigenvalue weighted by molar-refractivity contribution is 7.99. The van der Waals surface area contributed by atoms with Crippen LogP contribution in [0.2, 0.25) is 0 Å². The van der Waals surface area contributed by atoms with Crippen LogP contribution in [0.1, 0.15) is 12.8 Å². The van der Waals surface area contributed by atoms with Gasteiger partial charge in [0.1, 0.15) is 0 Å². The van der Waals surface area contributed by atoms with Crippen LogP contribution < -0.4 is 5.32 Å². The van der Waals surface area contributed by atoms with Gasteiger partial charge in [-0.15, -0.1) is 18.2 Å². The van der Waals surface area contributed by atoms with Crippen molar-refractivity contribution in [1.29, 1.82) is 0 Å². The van der Waals surface area contributed by atoms with Crippen molar-refractivity contribution in [3.63, 3.8) is 0 Å². The minimum atomic E-state index is 0.796. The lowest BCUT2D eigenvalue weighted by Crippen LogP contribution is -2.40. The lowest BCUT2D eigenvalue weighted by atomic mass is 10.4. The van der Waals surface area contributed by atoms with Gasteiger partial charge in [-0.2, -0.15) is 0 Å². The molecule has 0 amide bonds. The molecule has 1 aliphatic rings. The number of nitrogens with zero attached hydrogens (tertiary/aromatic N) is 2. The molecule has 0 spiro atoms. The Bertz CT molecular complexity index is 239. The standard InChI is InChI=1S/C11H19N3S/c1-3-9-15-10-6-13-11(12-2)14-7-4-5-8-14/h1H,4-10H2,2H3,(H,12,13). The van der Waals surface area contributed by atoms with Crippen LogP contribution in [0.25, 0.3) is 0 Å². The molecule has 4 heteroatoms. The third-order valence-electron chi connectivity index (χ3n) is 2.33. The molecule has 0 aromatic carbocycles. The molecule has 0 bridgehead atoms. The molecule has 1 saturated heterocycles. The minimum Gasteiger partial charge on any atom is -0.355 e. The molecule has 1 fully saturated rings. The summed E-state index contributed by atoms with van der Waals surface area (Å²) < 4.78 is 0. The lowest BCUT2D eigenvalue weighted by Gasteiger charge is -2.20. The maximum Gasteiger partial charge on any atom is 0.193 e. The smallest absolute Gasteiger partial charge is 0.193 e. The van der Waals surface area contributed by atoms with Gasteiger partial charge in [-0.1, -0.05) is 5.92 Å². The Morgan fingerprint density at radius 1 is 1.53 bits per heavy atom. The van der Waals surface area contributed by atoms with Gasteiger partial charge in [-0.05, 0) is 12.8 Å². The van der Waals surface area contributed by atoms with Crippen LogP contribution in [0, 0.1) is 12.3 Å². The number of thioether (sulfide) groups is 1. The number of terminal acetylenes is 1. The zero-order chi connectivity index (χ0) is 10.9. The first kappa shape index (κ1) is 12.3. The van der Waals surface area contributed by atoms with E-state index in [1.54, 1.807) is 11.8 Å². The second kappa shape index (κ2) is 7.47. The number of likely N-dealkylation sites (tertiary alicyclic amines) is 1. The zero-order valence-corrected chi connectivity index (χ0v) is 10.1. The molecule has 0 aliphatic carbocycles. The van der Waals surface area contributed by atoms with E-state index in [9.17, 15) is 0 Å². The maximum atomic E-state index is 5.17. The molecule has 0 unspecified atom stereocenters. The van der Waals surface area contributed by atoms with Crippen LogP contribution in [0.5, 0.6) is 0 Å². The SMILES string of the molecule is C#CCSCCNC(=NC)N1CCCC1. The molecule has 1 aliphatic heterocycles. The Kier molecular flexibility index (Phi) is 6.10. The largest absolute Gasteiger partial charge is 0.355 e. The van der Waals surface area contributed by atoms with Crippen molar-refractivity contribution in [3.8, 4) is 12.3 Å². The number of nitrogens with one attached hydrogen (secondary N) is 1. The van der Waals surface area contributed by atoms with Crippen LogP contribution in [-0.4, -0.2) is 49.0 Å². The van der Waals surface area contributed by atoms with Crippen molar-refractivity contribution in [2.45, 2.75) is 12.8 Å². The summed E-state index contributed by atoms with van der Waals surface area (Å²) in [6, 6.07) is 0. The van der Waals surface area contributed by atoms with E-state index < -0.39 is 0 Å². The molecule has 0 radical (unpaired) electrons. The molecule has 15 heavy (non-hydrogen) atoms. The average molecular weight is 225 g/mol. The Hall–Kier alpha value is -0.820. The highest BCUT2D eigenvalue weighted by atomic mass is 32.2. The number of guanidine groups is 1. The molecular weight excluding hydrogens is 206 g/mol. The van der Waals surface area contributed by atoms with Gasteiger partial charge < -0.3 is 10.2 Å². The Morgan fingerprint density at radius 3 is 2.87 bits per heavy atom. The maximum absolute atomic E-state index is 5.17. The first-order chi connectivity index (χ1) is 7.38. The molecule has 0 saturated carbocycles. The first-order valence-corrected chi connectivity index (χ1v) is 6.50. The zero-order valence-electron chi connectivity index (χ0n) is 9.33. The molecule has 3 nitrogen and oxygen atoms in total. The number of rotatable bonds is 4. The summed E-state index contributed by atoms with van der Waals surface area (Å²) in [5.41, 5.74) is 0. The van der Waals surface area contributed by atoms with Crippen LogP contribution >= 0.6 is 11.8 Å². The van der Waals surface area contributed by atoms with Crippen molar-refractivity contribution < 1.29 is 0 Å². The third kappa shape index (κ3) is 4.48. The van der Waals surface area contributed by atoms with Gasteiger partial charge in [0.05, 0.1) is 5.75 Å². The second-order valence-electron chi connectivity index (χ2n) is 3.42.